The van der Waals surface area contributed by atoms with Gasteiger partial charge in [0.1, 0.15) is 0 Å². The van der Waals surface area contributed by atoms with Gasteiger partial charge in [0.2, 0.25) is 11.8 Å². The Hall–Kier alpha value is -2.63. The van der Waals surface area contributed by atoms with E-state index in [1.165, 1.54) is 6.07 Å². The van der Waals surface area contributed by atoms with Crippen molar-refractivity contribution < 1.29 is 24.6 Å². The highest BCUT2D eigenvalue weighted by Crippen LogP contribution is 2.53. The second-order valence-corrected chi connectivity index (χ2v) is 6.00. The number of carboxylic acids is 1. The summed E-state index contributed by atoms with van der Waals surface area (Å²) in [6.45, 7) is 0. The van der Waals surface area contributed by atoms with E-state index < -0.39 is 17.3 Å². The minimum Gasteiger partial charge on any atom is -0.872 e. The van der Waals surface area contributed by atoms with Crippen molar-refractivity contribution in [1.29, 1.82) is 0 Å². The SMILES string of the molecule is O=C(O)c1cc(N2C(=O)[C@@H]3[C@@H](C2=O)[C@@H]2C=C[C@@H]3C2)ccc1[O-]. The standard InChI is InChI=1S/C16H13NO5/c18-11-4-3-9(6-10(11)16(21)22)17-14(19)12-7-1-2-8(5-7)13(12)15(17)20/h1-4,6-8,12-13,18H,5H2,(H,21,22)/p-1/t7-,8-,12+,13+/m1/s1. The average molecular weight is 298 g/mol. The van der Waals surface area contributed by atoms with Crippen LogP contribution in [0.25, 0.3) is 0 Å². The van der Waals surface area contributed by atoms with E-state index in [1.807, 2.05) is 12.2 Å². The highest BCUT2D eigenvalue weighted by Gasteiger charge is 2.59. The number of carbonyl (C=O) groups is 3. The Morgan fingerprint density at radius 3 is 2.27 bits per heavy atom. The maximum Gasteiger partial charge on any atom is 0.335 e. The summed E-state index contributed by atoms with van der Waals surface area (Å²) in [6, 6.07) is 3.53. The Balaban J connectivity index is 1.76. The Morgan fingerprint density at radius 1 is 1.14 bits per heavy atom. The number of imide groups is 1. The van der Waals surface area contributed by atoms with Crippen LogP contribution < -0.4 is 10.0 Å². The number of nitrogens with zero attached hydrogens (tertiary/aromatic N) is 1. The van der Waals surface area contributed by atoms with Crippen molar-refractivity contribution in [2.24, 2.45) is 23.7 Å². The fraction of sp³-hybridized carbons (Fsp3) is 0.312. The molecule has 2 bridgehead atoms. The predicted octanol–water partition coefficient (Wildman–Crippen LogP) is 0.770. The van der Waals surface area contributed by atoms with Gasteiger partial charge in [-0.2, -0.15) is 0 Å². The molecule has 2 amide bonds. The summed E-state index contributed by atoms with van der Waals surface area (Å²) in [6.07, 6.45) is 4.81. The number of fused-ring (bicyclic) bond motifs is 5. The number of carboxylic acid groups (broad SMARTS) is 1. The van der Waals surface area contributed by atoms with E-state index >= 15 is 0 Å². The van der Waals surface area contributed by atoms with Gasteiger partial charge in [-0.3, -0.25) is 9.59 Å². The molecular formula is C16H12NO5-. The maximum atomic E-state index is 12.6. The van der Waals surface area contributed by atoms with Gasteiger partial charge in [0, 0.05) is 0 Å². The molecule has 1 saturated carbocycles. The topological polar surface area (TPSA) is 97.7 Å². The number of hydrogen-bond acceptors (Lipinski definition) is 4. The minimum atomic E-state index is -1.37. The molecule has 4 atom stereocenters. The van der Waals surface area contributed by atoms with Crippen molar-refractivity contribution in [3.63, 3.8) is 0 Å². The average Bonchev–Trinajstić information content (AvgIpc) is 3.14. The van der Waals surface area contributed by atoms with Crippen molar-refractivity contribution in [2.45, 2.75) is 6.42 Å². The predicted molar refractivity (Wildman–Crippen MR) is 73.1 cm³/mol. The molecular weight excluding hydrogens is 286 g/mol. The van der Waals surface area contributed by atoms with Gasteiger partial charge in [0.05, 0.1) is 23.1 Å². The van der Waals surface area contributed by atoms with Crippen molar-refractivity contribution in [3.05, 3.63) is 35.9 Å². The van der Waals surface area contributed by atoms with E-state index in [4.69, 9.17) is 5.11 Å². The first kappa shape index (κ1) is 13.1. The number of anilines is 1. The van der Waals surface area contributed by atoms with E-state index in [0.29, 0.717) is 0 Å². The fourth-order valence-electron chi connectivity index (χ4n) is 3.98. The summed E-state index contributed by atoms with van der Waals surface area (Å²) in [4.78, 5) is 37.3. The van der Waals surface area contributed by atoms with Crippen LogP contribution in [0.15, 0.2) is 30.4 Å². The lowest BCUT2D eigenvalue weighted by atomic mass is 9.85. The summed E-state index contributed by atoms with van der Waals surface area (Å²) >= 11 is 0. The van der Waals surface area contributed by atoms with E-state index in [9.17, 15) is 19.5 Å². The first-order valence-corrected chi connectivity index (χ1v) is 7.09. The molecule has 1 heterocycles. The lowest BCUT2D eigenvalue weighted by Gasteiger charge is -2.19. The molecule has 0 radical (unpaired) electrons. The lowest BCUT2D eigenvalue weighted by Crippen LogP contribution is -2.33. The van der Waals surface area contributed by atoms with Gasteiger partial charge in [-0.1, -0.05) is 24.0 Å². The number of benzene rings is 1. The summed E-state index contributed by atoms with van der Waals surface area (Å²) in [5, 5.41) is 20.5. The highest BCUT2D eigenvalue weighted by atomic mass is 16.4. The van der Waals surface area contributed by atoms with Crippen LogP contribution in [0.3, 0.4) is 0 Å². The maximum absolute atomic E-state index is 12.6. The van der Waals surface area contributed by atoms with Crippen LogP contribution >= 0.6 is 0 Å². The molecule has 1 N–H and O–H groups in total. The second-order valence-electron chi connectivity index (χ2n) is 6.00. The van der Waals surface area contributed by atoms with Crippen LogP contribution in [0.5, 0.6) is 5.75 Å². The molecule has 2 fully saturated rings. The lowest BCUT2D eigenvalue weighted by molar-refractivity contribution is -0.268. The van der Waals surface area contributed by atoms with Crippen LogP contribution in [0.4, 0.5) is 5.69 Å². The molecule has 1 aliphatic heterocycles. The molecule has 2 aliphatic carbocycles. The summed E-state index contributed by atoms with van der Waals surface area (Å²) < 4.78 is 0. The zero-order chi connectivity index (χ0) is 15.6. The Morgan fingerprint density at radius 2 is 1.73 bits per heavy atom. The minimum absolute atomic E-state index is 0.0918. The normalized spacial score (nSPS) is 31.9. The number of aromatic carboxylic acids is 1. The van der Waals surface area contributed by atoms with E-state index in [-0.39, 0.29) is 41.2 Å². The molecule has 3 aliphatic rings. The third-order valence-electron chi connectivity index (χ3n) is 4.92. The zero-order valence-electron chi connectivity index (χ0n) is 11.4. The molecule has 4 rings (SSSR count). The van der Waals surface area contributed by atoms with Crippen molar-refractivity contribution in [1.82, 2.24) is 0 Å². The first-order valence-electron chi connectivity index (χ1n) is 7.09. The van der Waals surface area contributed by atoms with Gasteiger partial charge in [-0.15, -0.1) is 0 Å². The molecule has 6 heteroatoms. The molecule has 112 valence electrons. The van der Waals surface area contributed by atoms with Crippen molar-refractivity contribution in [3.8, 4) is 5.75 Å². The molecule has 0 unspecified atom stereocenters. The molecule has 1 aromatic rings. The third-order valence-corrected chi connectivity index (χ3v) is 4.92. The van der Waals surface area contributed by atoms with Crippen LogP contribution in [-0.2, 0) is 9.59 Å². The van der Waals surface area contributed by atoms with Crippen LogP contribution in [0, 0.1) is 23.7 Å². The molecule has 6 nitrogen and oxygen atoms in total. The molecule has 0 aromatic heterocycles. The monoisotopic (exact) mass is 298 g/mol. The molecule has 1 saturated heterocycles. The fourth-order valence-corrected chi connectivity index (χ4v) is 3.98. The van der Waals surface area contributed by atoms with E-state index in [0.717, 1.165) is 23.5 Å². The quantitative estimate of drug-likeness (QED) is 0.642. The molecule has 1 aromatic carbocycles. The van der Waals surface area contributed by atoms with Gasteiger partial charge in [0.15, 0.2) is 0 Å². The Kier molecular flexibility index (Phi) is 2.49. The Bertz CT molecular complexity index is 723. The Labute approximate surface area is 125 Å². The van der Waals surface area contributed by atoms with Gasteiger partial charge in [-0.25, -0.2) is 9.69 Å². The first-order chi connectivity index (χ1) is 10.5. The summed E-state index contributed by atoms with van der Waals surface area (Å²) in [7, 11) is 0. The number of rotatable bonds is 2. The van der Waals surface area contributed by atoms with Gasteiger partial charge >= 0.3 is 5.97 Å². The van der Waals surface area contributed by atoms with Crippen LogP contribution in [-0.4, -0.2) is 22.9 Å². The number of allylic oxidation sites excluding steroid dienone is 2. The van der Waals surface area contributed by atoms with Gasteiger partial charge < -0.3 is 10.2 Å². The van der Waals surface area contributed by atoms with E-state index in [1.54, 1.807) is 0 Å². The van der Waals surface area contributed by atoms with Crippen LogP contribution in [0.2, 0.25) is 0 Å². The van der Waals surface area contributed by atoms with Crippen molar-refractivity contribution in [2.75, 3.05) is 4.90 Å². The van der Waals surface area contributed by atoms with E-state index in [2.05, 4.69) is 0 Å². The number of amides is 2. The molecule has 22 heavy (non-hydrogen) atoms. The molecule has 0 spiro atoms. The van der Waals surface area contributed by atoms with Gasteiger partial charge in [-0.05, 0) is 30.4 Å². The second kappa shape index (κ2) is 4.19. The zero-order valence-corrected chi connectivity index (χ0v) is 11.4. The largest absolute Gasteiger partial charge is 0.872 e. The number of carbonyl (C=O) groups excluding carboxylic acids is 2. The third kappa shape index (κ3) is 1.52. The highest BCUT2D eigenvalue weighted by molar-refractivity contribution is 6.23. The summed E-state index contributed by atoms with van der Waals surface area (Å²) in [5.74, 6) is -3.09. The van der Waals surface area contributed by atoms with Crippen LogP contribution in [0.1, 0.15) is 16.8 Å². The smallest absolute Gasteiger partial charge is 0.335 e. The van der Waals surface area contributed by atoms with Crippen molar-refractivity contribution >= 4 is 23.5 Å². The number of hydrogen-bond donors (Lipinski definition) is 1. The van der Waals surface area contributed by atoms with Gasteiger partial charge in [0.25, 0.3) is 0 Å². The summed E-state index contributed by atoms with van der Waals surface area (Å²) in [5.41, 5.74) is -0.267.